The van der Waals surface area contributed by atoms with Crippen molar-refractivity contribution in [2.45, 2.75) is 57.2 Å². The molecule has 0 bridgehead atoms. The summed E-state index contributed by atoms with van der Waals surface area (Å²) in [6.07, 6.45) is 4.93. The van der Waals surface area contributed by atoms with E-state index in [9.17, 15) is 9.59 Å². The number of amides is 1. The first-order valence-electron chi connectivity index (χ1n) is 9.36. The van der Waals surface area contributed by atoms with Crippen LogP contribution in [0.4, 0.5) is 0 Å². The molecule has 2 aliphatic heterocycles. The Balaban J connectivity index is 1.37. The van der Waals surface area contributed by atoms with Crippen LogP contribution in [0, 0.1) is 5.92 Å². The molecular formula is C20H25NO4. The zero-order valence-electron chi connectivity index (χ0n) is 14.7. The van der Waals surface area contributed by atoms with Crippen LogP contribution >= 0.6 is 0 Å². The summed E-state index contributed by atoms with van der Waals surface area (Å²) in [7, 11) is 0. The lowest BCUT2D eigenvalue weighted by atomic mass is 9.84. The Hall–Kier alpha value is -2.04. The quantitative estimate of drug-likeness (QED) is 0.789. The van der Waals surface area contributed by atoms with E-state index in [2.05, 4.69) is 13.0 Å². The van der Waals surface area contributed by atoms with Gasteiger partial charge in [0.1, 0.15) is 17.5 Å². The molecule has 4 rings (SSSR count). The van der Waals surface area contributed by atoms with Gasteiger partial charge in [-0.1, -0.05) is 25.1 Å². The van der Waals surface area contributed by atoms with Gasteiger partial charge in [-0.05, 0) is 43.7 Å². The van der Waals surface area contributed by atoms with Crippen molar-refractivity contribution in [3.05, 3.63) is 29.8 Å². The molecule has 2 saturated heterocycles. The summed E-state index contributed by atoms with van der Waals surface area (Å²) in [5, 5.41) is 0. The Morgan fingerprint density at radius 3 is 2.72 bits per heavy atom. The van der Waals surface area contributed by atoms with Crippen LogP contribution in [0.15, 0.2) is 24.3 Å². The fraction of sp³-hybridized carbons (Fsp3) is 0.600. The van der Waals surface area contributed by atoms with Crippen molar-refractivity contribution in [1.29, 1.82) is 0 Å². The molecule has 1 saturated carbocycles. The first-order chi connectivity index (χ1) is 12.1. The highest BCUT2D eigenvalue weighted by Gasteiger charge is 2.55. The predicted octanol–water partition coefficient (Wildman–Crippen LogP) is 2.71. The highest BCUT2D eigenvalue weighted by molar-refractivity contribution is 5.88. The molecule has 3 aliphatic rings. The molecule has 1 aliphatic carbocycles. The van der Waals surface area contributed by atoms with Crippen LogP contribution in [-0.2, 0) is 20.7 Å². The third-order valence-electron chi connectivity index (χ3n) is 5.88. The van der Waals surface area contributed by atoms with Crippen molar-refractivity contribution in [1.82, 2.24) is 4.90 Å². The minimum Gasteiger partial charge on any atom is -0.486 e. The third kappa shape index (κ3) is 2.90. The summed E-state index contributed by atoms with van der Waals surface area (Å²) in [6.45, 7) is 3.30. The van der Waals surface area contributed by atoms with E-state index < -0.39 is 5.60 Å². The maximum Gasteiger partial charge on any atom is 0.307 e. The number of carbonyl (C=O) groups is 2. The van der Waals surface area contributed by atoms with E-state index in [-0.39, 0.29) is 30.3 Å². The van der Waals surface area contributed by atoms with Crippen LogP contribution in [0.2, 0.25) is 0 Å². The van der Waals surface area contributed by atoms with Crippen LogP contribution in [0.1, 0.15) is 44.6 Å². The van der Waals surface area contributed by atoms with Gasteiger partial charge in [-0.15, -0.1) is 0 Å². The number of nitrogens with zero attached hydrogens (tertiary/aromatic N) is 1. The number of para-hydroxylation sites is 1. The van der Waals surface area contributed by atoms with Crippen LogP contribution in [0.25, 0.3) is 0 Å². The molecule has 0 radical (unpaired) electrons. The molecule has 0 aromatic heterocycles. The van der Waals surface area contributed by atoms with Crippen molar-refractivity contribution >= 4 is 11.9 Å². The summed E-state index contributed by atoms with van der Waals surface area (Å²) < 4.78 is 11.7. The minimum absolute atomic E-state index is 0.0363. The van der Waals surface area contributed by atoms with Crippen molar-refractivity contribution in [3.63, 3.8) is 0 Å². The Morgan fingerprint density at radius 1 is 1.28 bits per heavy atom. The smallest absolute Gasteiger partial charge is 0.307 e. The highest BCUT2D eigenvalue weighted by Crippen LogP contribution is 2.46. The van der Waals surface area contributed by atoms with Gasteiger partial charge >= 0.3 is 5.97 Å². The Labute approximate surface area is 148 Å². The van der Waals surface area contributed by atoms with Gasteiger partial charge in [0.15, 0.2) is 0 Å². The number of hydrogen-bond donors (Lipinski definition) is 0. The van der Waals surface area contributed by atoms with E-state index >= 15 is 0 Å². The van der Waals surface area contributed by atoms with Gasteiger partial charge in [0.2, 0.25) is 5.91 Å². The average molecular weight is 343 g/mol. The molecule has 134 valence electrons. The second-order valence-electron chi connectivity index (χ2n) is 7.45. The van der Waals surface area contributed by atoms with Crippen molar-refractivity contribution < 1.29 is 19.1 Å². The SMILES string of the molecule is CCc1ccccc1OC1CN(C(=O)C2CC(=O)OC23CCCC3)C1. The summed E-state index contributed by atoms with van der Waals surface area (Å²) in [4.78, 5) is 26.5. The first kappa shape index (κ1) is 16.4. The standard InChI is InChI=1S/C20H25NO4/c1-2-14-7-3-4-8-17(14)24-15-12-21(13-15)19(23)16-11-18(22)25-20(16)9-5-6-10-20/h3-4,7-8,15-16H,2,5-6,9-13H2,1H3. The molecule has 5 nitrogen and oxygen atoms in total. The third-order valence-corrected chi connectivity index (χ3v) is 5.88. The number of likely N-dealkylation sites (tertiary alicyclic amines) is 1. The molecule has 1 amide bonds. The minimum atomic E-state index is -0.519. The number of carbonyl (C=O) groups excluding carboxylic acids is 2. The monoisotopic (exact) mass is 343 g/mol. The number of benzene rings is 1. The topological polar surface area (TPSA) is 55.8 Å². The number of hydrogen-bond acceptors (Lipinski definition) is 4. The maximum absolute atomic E-state index is 12.9. The Morgan fingerprint density at radius 2 is 2.00 bits per heavy atom. The zero-order valence-corrected chi connectivity index (χ0v) is 14.7. The van der Waals surface area contributed by atoms with E-state index in [1.54, 1.807) is 0 Å². The van der Waals surface area contributed by atoms with Gasteiger partial charge in [0, 0.05) is 0 Å². The van der Waals surface area contributed by atoms with E-state index in [1.165, 1.54) is 5.56 Å². The molecule has 5 heteroatoms. The number of esters is 1. The summed E-state index contributed by atoms with van der Waals surface area (Å²) >= 11 is 0. The largest absolute Gasteiger partial charge is 0.486 e. The molecule has 2 heterocycles. The molecule has 25 heavy (non-hydrogen) atoms. The predicted molar refractivity (Wildman–Crippen MR) is 92.2 cm³/mol. The number of aryl methyl sites for hydroxylation is 1. The highest BCUT2D eigenvalue weighted by atomic mass is 16.6. The van der Waals surface area contributed by atoms with Gasteiger partial charge < -0.3 is 14.4 Å². The van der Waals surface area contributed by atoms with E-state index in [1.807, 2.05) is 23.1 Å². The van der Waals surface area contributed by atoms with Gasteiger partial charge in [-0.25, -0.2) is 0 Å². The van der Waals surface area contributed by atoms with E-state index in [0.717, 1.165) is 37.9 Å². The van der Waals surface area contributed by atoms with E-state index in [4.69, 9.17) is 9.47 Å². The molecular weight excluding hydrogens is 318 g/mol. The van der Waals surface area contributed by atoms with Crippen molar-refractivity contribution in [2.24, 2.45) is 5.92 Å². The fourth-order valence-electron chi connectivity index (χ4n) is 4.43. The van der Waals surface area contributed by atoms with Crippen LogP contribution < -0.4 is 4.74 Å². The number of rotatable bonds is 4. The molecule has 1 aromatic carbocycles. The fourth-order valence-corrected chi connectivity index (χ4v) is 4.43. The van der Waals surface area contributed by atoms with Crippen LogP contribution in [0.3, 0.4) is 0 Å². The summed E-state index contributed by atoms with van der Waals surface area (Å²) in [5.74, 6) is 0.460. The zero-order chi connectivity index (χ0) is 17.4. The lowest BCUT2D eigenvalue weighted by Crippen LogP contribution is -2.59. The first-order valence-corrected chi connectivity index (χ1v) is 9.36. The van der Waals surface area contributed by atoms with Crippen LogP contribution in [0.5, 0.6) is 5.75 Å². The summed E-state index contributed by atoms with van der Waals surface area (Å²) in [6, 6.07) is 8.05. The lowest BCUT2D eigenvalue weighted by Gasteiger charge is -2.42. The van der Waals surface area contributed by atoms with Gasteiger partial charge in [-0.3, -0.25) is 9.59 Å². The molecule has 1 unspecified atom stereocenters. The Bertz CT molecular complexity index is 674. The summed E-state index contributed by atoms with van der Waals surface area (Å²) in [5.41, 5.74) is 0.668. The second kappa shape index (κ2) is 6.36. The normalized spacial score (nSPS) is 25.1. The van der Waals surface area contributed by atoms with Gasteiger partial charge in [0.25, 0.3) is 0 Å². The maximum atomic E-state index is 12.9. The second-order valence-corrected chi connectivity index (χ2v) is 7.45. The van der Waals surface area contributed by atoms with Gasteiger partial charge in [0.05, 0.1) is 25.4 Å². The molecule has 0 N–H and O–H groups in total. The lowest BCUT2D eigenvalue weighted by molar-refractivity contribution is -0.155. The van der Waals surface area contributed by atoms with E-state index in [0.29, 0.717) is 13.1 Å². The average Bonchev–Trinajstić information content (AvgIpc) is 3.17. The number of ether oxygens (including phenoxy) is 2. The molecule has 1 atom stereocenters. The molecule has 1 spiro atoms. The molecule has 3 fully saturated rings. The van der Waals surface area contributed by atoms with Crippen molar-refractivity contribution in [2.75, 3.05) is 13.1 Å². The van der Waals surface area contributed by atoms with Gasteiger partial charge in [-0.2, -0.15) is 0 Å². The van der Waals surface area contributed by atoms with Crippen molar-refractivity contribution in [3.8, 4) is 5.75 Å². The van der Waals surface area contributed by atoms with Crippen LogP contribution in [-0.4, -0.2) is 41.6 Å². The molecule has 1 aromatic rings. The Kier molecular flexibility index (Phi) is 4.18.